The van der Waals surface area contributed by atoms with Gasteiger partial charge in [-0.2, -0.15) is 0 Å². The Morgan fingerprint density at radius 3 is 2.25 bits per heavy atom. The predicted molar refractivity (Wildman–Crippen MR) is 82.4 cm³/mol. The molecular formula is C17H27NO2. The van der Waals surface area contributed by atoms with Crippen LogP contribution in [0.4, 0.5) is 0 Å². The molecule has 0 aliphatic carbocycles. The van der Waals surface area contributed by atoms with Gasteiger partial charge < -0.3 is 10.1 Å². The second-order valence-electron chi connectivity index (χ2n) is 6.92. The molecule has 0 bridgehead atoms. The molecule has 3 heteroatoms. The van der Waals surface area contributed by atoms with Crippen molar-refractivity contribution < 1.29 is 9.53 Å². The number of nitrogens with one attached hydrogen (secondary N) is 1. The van der Waals surface area contributed by atoms with Crippen molar-refractivity contribution in [2.75, 3.05) is 6.54 Å². The number of rotatable bonds is 6. The normalized spacial score (nSPS) is 12.2. The van der Waals surface area contributed by atoms with Crippen LogP contribution in [0, 0.1) is 5.41 Å². The molecule has 3 nitrogen and oxygen atoms in total. The lowest BCUT2D eigenvalue weighted by atomic mass is 9.92. The second kappa shape index (κ2) is 6.89. The molecule has 0 aliphatic rings. The summed E-state index contributed by atoms with van der Waals surface area (Å²) in [6.45, 7) is 11.4. The first kappa shape index (κ1) is 16.7. The third-order valence-electron chi connectivity index (χ3n) is 3.17. The van der Waals surface area contributed by atoms with Crippen LogP contribution < -0.4 is 5.32 Å². The zero-order chi connectivity index (χ0) is 15.2. The zero-order valence-corrected chi connectivity index (χ0v) is 13.3. The first-order valence-electron chi connectivity index (χ1n) is 7.17. The molecule has 0 saturated heterocycles. The van der Waals surface area contributed by atoms with Gasteiger partial charge in [0.1, 0.15) is 12.1 Å². The molecule has 1 rings (SSSR count). The second-order valence-corrected chi connectivity index (χ2v) is 6.92. The molecule has 0 saturated carbocycles. The van der Waals surface area contributed by atoms with E-state index < -0.39 is 5.54 Å². The number of carbonyl (C=O) groups is 1. The summed E-state index contributed by atoms with van der Waals surface area (Å²) in [6, 6.07) is 9.73. The fourth-order valence-electron chi connectivity index (χ4n) is 1.73. The highest BCUT2D eigenvalue weighted by molar-refractivity contribution is 5.79. The Hall–Kier alpha value is -1.35. The van der Waals surface area contributed by atoms with Crippen LogP contribution in [-0.4, -0.2) is 18.1 Å². The third-order valence-corrected chi connectivity index (χ3v) is 3.17. The standard InChI is InChI=1S/C17H27NO2/c1-16(2,3)11-12-18-17(4,5)15(19)20-13-14-9-7-6-8-10-14/h6-10,18H,11-13H2,1-5H3. The van der Waals surface area contributed by atoms with Gasteiger partial charge in [-0.15, -0.1) is 0 Å². The fourth-order valence-corrected chi connectivity index (χ4v) is 1.73. The van der Waals surface area contributed by atoms with Crippen LogP contribution in [0.3, 0.4) is 0 Å². The van der Waals surface area contributed by atoms with Crippen LogP contribution in [0.15, 0.2) is 30.3 Å². The number of ether oxygens (including phenoxy) is 1. The van der Waals surface area contributed by atoms with Crippen LogP contribution >= 0.6 is 0 Å². The number of benzene rings is 1. The zero-order valence-electron chi connectivity index (χ0n) is 13.3. The van der Waals surface area contributed by atoms with Gasteiger partial charge in [-0.25, -0.2) is 0 Å². The molecule has 0 unspecified atom stereocenters. The van der Waals surface area contributed by atoms with Crippen molar-refractivity contribution in [3.8, 4) is 0 Å². The van der Waals surface area contributed by atoms with Crippen LogP contribution in [0.1, 0.15) is 46.6 Å². The van der Waals surface area contributed by atoms with Crippen molar-refractivity contribution in [3.63, 3.8) is 0 Å². The Labute approximate surface area is 122 Å². The lowest BCUT2D eigenvalue weighted by Gasteiger charge is -2.26. The first-order valence-corrected chi connectivity index (χ1v) is 7.17. The van der Waals surface area contributed by atoms with Gasteiger partial charge in [-0.1, -0.05) is 51.1 Å². The molecule has 1 aromatic rings. The van der Waals surface area contributed by atoms with E-state index in [4.69, 9.17) is 4.74 Å². The lowest BCUT2D eigenvalue weighted by Crippen LogP contribution is -2.48. The van der Waals surface area contributed by atoms with E-state index in [1.54, 1.807) is 0 Å². The minimum atomic E-state index is -0.653. The van der Waals surface area contributed by atoms with Crippen LogP contribution in [0.2, 0.25) is 0 Å². The van der Waals surface area contributed by atoms with E-state index >= 15 is 0 Å². The summed E-state index contributed by atoms with van der Waals surface area (Å²) in [5.41, 5.74) is 0.614. The van der Waals surface area contributed by atoms with E-state index in [1.807, 2.05) is 44.2 Å². The Kier molecular flexibility index (Phi) is 5.75. The summed E-state index contributed by atoms with van der Waals surface area (Å²) in [5.74, 6) is -0.213. The molecule has 0 atom stereocenters. The van der Waals surface area contributed by atoms with Gasteiger partial charge >= 0.3 is 5.97 Å². The maximum atomic E-state index is 12.1. The van der Waals surface area contributed by atoms with E-state index in [0.29, 0.717) is 6.61 Å². The summed E-state index contributed by atoms with van der Waals surface area (Å²) in [7, 11) is 0. The van der Waals surface area contributed by atoms with E-state index in [0.717, 1.165) is 18.5 Å². The Bertz CT molecular complexity index is 418. The lowest BCUT2D eigenvalue weighted by molar-refractivity contribution is -0.151. The SMILES string of the molecule is CC(C)(C)CCNC(C)(C)C(=O)OCc1ccccc1. The fraction of sp³-hybridized carbons (Fsp3) is 0.588. The monoisotopic (exact) mass is 277 g/mol. The van der Waals surface area contributed by atoms with E-state index in [2.05, 4.69) is 26.1 Å². The molecule has 112 valence electrons. The van der Waals surface area contributed by atoms with E-state index in [1.165, 1.54) is 0 Å². The van der Waals surface area contributed by atoms with Crippen molar-refractivity contribution in [2.24, 2.45) is 5.41 Å². The van der Waals surface area contributed by atoms with Crippen LogP contribution in [0.5, 0.6) is 0 Å². The van der Waals surface area contributed by atoms with Gasteiger partial charge in [-0.3, -0.25) is 4.79 Å². The third kappa shape index (κ3) is 6.20. The molecule has 0 spiro atoms. The molecule has 0 heterocycles. The molecule has 20 heavy (non-hydrogen) atoms. The van der Waals surface area contributed by atoms with E-state index in [9.17, 15) is 4.79 Å². The van der Waals surface area contributed by atoms with Crippen molar-refractivity contribution >= 4 is 5.97 Å². The van der Waals surface area contributed by atoms with Gasteiger partial charge in [0.2, 0.25) is 0 Å². The number of hydrogen-bond acceptors (Lipinski definition) is 3. The number of hydrogen-bond donors (Lipinski definition) is 1. The quantitative estimate of drug-likeness (QED) is 0.808. The van der Waals surface area contributed by atoms with Gasteiger partial charge in [0.25, 0.3) is 0 Å². The summed E-state index contributed by atoms with van der Waals surface area (Å²) in [4.78, 5) is 12.1. The highest BCUT2D eigenvalue weighted by atomic mass is 16.5. The van der Waals surface area contributed by atoms with E-state index in [-0.39, 0.29) is 11.4 Å². The van der Waals surface area contributed by atoms with Gasteiger partial charge in [0, 0.05) is 0 Å². The van der Waals surface area contributed by atoms with Crippen molar-refractivity contribution in [1.29, 1.82) is 0 Å². The molecule has 0 amide bonds. The molecule has 0 radical (unpaired) electrons. The van der Waals surface area contributed by atoms with Gasteiger partial charge in [0.15, 0.2) is 0 Å². The molecule has 1 N–H and O–H groups in total. The average molecular weight is 277 g/mol. The molecular weight excluding hydrogens is 250 g/mol. The summed E-state index contributed by atoms with van der Waals surface area (Å²) >= 11 is 0. The van der Waals surface area contributed by atoms with Gasteiger partial charge in [0.05, 0.1) is 0 Å². The number of esters is 1. The van der Waals surface area contributed by atoms with Crippen LogP contribution in [0.25, 0.3) is 0 Å². The van der Waals surface area contributed by atoms with Crippen molar-refractivity contribution in [1.82, 2.24) is 5.32 Å². The molecule has 1 aromatic carbocycles. The van der Waals surface area contributed by atoms with Crippen molar-refractivity contribution in [2.45, 2.75) is 53.2 Å². The Morgan fingerprint density at radius 2 is 1.70 bits per heavy atom. The minimum absolute atomic E-state index is 0.213. The summed E-state index contributed by atoms with van der Waals surface area (Å²) < 4.78 is 5.37. The van der Waals surface area contributed by atoms with Gasteiger partial charge in [-0.05, 0) is 37.8 Å². The predicted octanol–water partition coefficient (Wildman–Crippen LogP) is 3.53. The molecule has 0 aliphatic heterocycles. The first-order chi connectivity index (χ1) is 9.21. The maximum Gasteiger partial charge on any atom is 0.326 e. The topological polar surface area (TPSA) is 38.3 Å². The Morgan fingerprint density at radius 1 is 1.10 bits per heavy atom. The highest BCUT2D eigenvalue weighted by Crippen LogP contribution is 2.18. The molecule has 0 aromatic heterocycles. The average Bonchev–Trinajstić information content (AvgIpc) is 2.35. The Balaban J connectivity index is 2.40. The van der Waals surface area contributed by atoms with Crippen molar-refractivity contribution in [3.05, 3.63) is 35.9 Å². The smallest absolute Gasteiger partial charge is 0.326 e. The minimum Gasteiger partial charge on any atom is -0.459 e. The highest BCUT2D eigenvalue weighted by Gasteiger charge is 2.29. The summed E-state index contributed by atoms with van der Waals surface area (Å²) in [6.07, 6.45) is 1.02. The maximum absolute atomic E-state index is 12.1. The largest absolute Gasteiger partial charge is 0.459 e. The van der Waals surface area contributed by atoms with Crippen LogP contribution in [-0.2, 0) is 16.1 Å². The number of carbonyl (C=O) groups excluding carboxylic acids is 1. The summed E-state index contributed by atoms with van der Waals surface area (Å²) in [5, 5.41) is 3.28. The molecule has 0 fully saturated rings.